The highest BCUT2D eigenvalue weighted by atomic mass is 79.9. The third-order valence-corrected chi connectivity index (χ3v) is 3.81. The number of benzene rings is 1. The number of nitrogens with one attached hydrogen (secondary N) is 2. The molecule has 0 fully saturated rings. The molecule has 6 nitrogen and oxygen atoms in total. The van der Waals surface area contributed by atoms with Crippen LogP contribution in [0.3, 0.4) is 0 Å². The van der Waals surface area contributed by atoms with Crippen molar-refractivity contribution < 1.29 is 19.1 Å². The van der Waals surface area contributed by atoms with Gasteiger partial charge in [-0.15, -0.1) is 0 Å². The van der Waals surface area contributed by atoms with Gasteiger partial charge < -0.3 is 20.2 Å². The molecule has 2 amide bonds. The maximum atomic E-state index is 11.6. The van der Waals surface area contributed by atoms with E-state index in [9.17, 15) is 14.7 Å². The van der Waals surface area contributed by atoms with Crippen molar-refractivity contribution in [2.45, 2.75) is 12.5 Å². The highest BCUT2D eigenvalue weighted by Gasteiger charge is 2.21. The Morgan fingerprint density at radius 2 is 1.86 bits per heavy atom. The van der Waals surface area contributed by atoms with E-state index in [1.54, 1.807) is 24.3 Å². The molecule has 0 aliphatic carbocycles. The summed E-state index contributed by atoms with van der Waals surface area (Å²) >= 11 is 3.22. The van der Waals surface area contributed by atoms with Crippen LogP contribution >= 0.6 is 15.9 Å². The molecule has 1 aliphatic rings. The van der Waals surface area contributed by atoms with Gasteiger partial charge in [0, 0.05) is 5.56 Å². The van der Waals surface area contributed by atoms with E-state index >= 15 is 0 Å². The number of aliphatic hydroxyl groups excluding tert-OH is 1. The van der Waals surface area contributed by atoms with Gasteiger partial charge in [0.15, 0.2) is 4.67 Å². The van der Waals surface area contributed by atoms with Crippen LogP contribution in [-0.4, -0.2) is 16.9 Å². The summed E-state index contributed by atoms with van der Waals surface area (Å²) in [5, 5.41) is 15.6. The zero-order chi connectivity index (χ0) is 15.0. The molecule has 7 heteroatoms. The number of hydrogen-bond acceptors (Lipinski definition) is 4. The maximum Gasteiger partial charge on any atom is 0.233 e. The van der Waals surface area contributed by atoms with E-state index in [2.05, 4.69) is 26.6 Å². The summed E-state index contributed by atoms with van der Waals surface area (Å²) in [5.41, 5.74) is 2.13. The van der Waals surface area contributed by atoms with E-state index in [0.29, 0.717) is 27.2 Å². The maximum absolute atomic E-state index is 11.6. The molecule has 0 saturated heterocycles. The third kappa shape index (κ3) is 2.70. The molecule has 21 heavy (non-hydrogen) atoms. The van der Waals surface area contributed by atoms with Gasteiger partial charge in [-0.3, -0.25) is 9.59 Å². The fourth-order valence-corrected chi connectivity index (χ4v) is 2.61. The Hall–Kier alpha value is -2.12. The summed E-state index contributed by atoms with van der Waals surface area (Å²) in [6.45, 7) is 0. The predicted molar refractivity (Wildman–Crippen MR) is 78.8 cm³/mol. The first-order chi connectivity index (χ1) is 10.0. The van der Waals surface area contributed by atoms with Crippen LogP contribution in [0.1, 0.15) is 23.7 Å². The highest BCUT2D eigenvalue weighted by molar-refractivity contribution is 9.10. The number of rotatable bonds is 2. The topological polar surface area (TPSA) is 91.6 Å². The first-order valence-corrected chi connectivity index (χ1v) is 6.98. The molecule has 1 aromatic carbocycles. The smallest absolute Gasteiger partial charge is 0.233 e. The Balaban J connectivity index is 1.98. The van der Waals surface area contributed by atoms with E-state index in [0.717, 1.165) is 0 Å². The third-order valence-electron chi connectivity index (χ3n) is 3.17. The monoisotopic (exact) mass is 350 g/mol. The lowest BCUT2D eigenvalue weighted by atomic mass is 10.0. The standard InChI is InChI=1S/C14H11BrN2O4/c15-14-8(3-4-21-14)13(20)7-1-2-9-10(5-7)17-12(19)6-11(18)16-9/h1-5,13,20H,6H2,(H,16,18)(H,17,19). The van der Waals surface area contributed by atoms with Crippen LogP contribution in [0.2, 0.25) is 0 Å². The fraction of sp³-hybridized carbons (Fsp3) is 0.143. The quantitative estimate of drug-likeness (QED) is 0.725. The first-order valence-electron chi connectivity index (χ1n) is 6.19. The van der Waals surface area contributed by atoms with Crippen molar-refractivity contribution in [1.82, 2.24) is 0 Å². The number of hydrogen-bond donors (Lipinski definition) is 3. The predicted octanol–water partition coefficient (Wildman–Crippen LogP) is 2.40. The average Bonchev–Trinajstić information content (AvgIpc) is 2.79. The fourth-order valence-electron chi connectivity index (χ4n) is 2.16. The molecule has 1 aromatic heterocycles. The Kier molecular flexibility index (Phi) is 3.52. The number of amides is 2. The molecule has 1 unspecified atom stereocenters. The van der Waals surface area contributed by atoms with Gasteiger partial charge in [-0.05, 0) is 39.7 Å². The molecule has 0 bridgehead atoms. The highest BCUT2D eigenvalue weighted by Crippen LogP contribution is 2.33. The summed E-state index contributed by atoms with van der Waals surface area (Å²) in [6.07, 6.45) is 0.341. The van der Waals surface area contributed by atoms with E-state index in [4.69, 9.17) is 4.42 Å². The van der Waals surface area contributed by atoms with Crippen molar-refractivity contribution in [3.63, 3.8) is 0 Å². The lowest BCUT2D eigenvalue weighted by Crippen LogP contribution is -2.16. The van der Waals surface area contributed by atoms with Crippen molar-refractivity contribution in [3.8, 4) is 0 Å². The Morgan fingerprint density at radius 1 is 1.14 bits per heavy atom. The average molecular weight is 351 g/mol. The molecule has 108 valence electrons. The number of aliphatic hydroxyl groups is 1. The number of carbonyl (C=O) groups excluding carboxylic acids is 2. The lowest BCUT2D eigenvalue weighted by Gasteiger charge is -2.13. The second kappa shape index (κ2) is 5.34. The molecule has 0 spiro atoms. The molecule has 2 heterocycles. The van der Waals surface area contributed by atoms with E-state index in [1.165, 1.54) is 6.26 Å². The molecule has 1 aliphatic heterocycles. The van der Waals surface area contributed by atoms with Crippen LogP contribution in [0.15, 0.2) is 39.6 Å². The van der Waals surface area contributed by atoms with Crippen LogP contribution in [0.25, 0.3) is 0 Å². The number of furan rings is 1. The Bertz CT molecular complexity index is 726. The molecule has 1 atom stereocenters. The normalized spacial score (nSPS) is 15.7. The number of halogens is 1. The lowest BCUT2D eigenvalue weighted by molar-refractivity contribution is -0.123. The minimum atomic E-state index is -0.903. The van der Waals surface area contributed by atoms with Crippen LogP contribution in [-0.2, 0) is 9.59 Å². The van der Waals surface area contributed by atoms with Crippen molar-refractivity contribution >= 4 is 39.1 Å². The molecule has 0 radical (unpaired) electrons. The molecular weight excluding hydrogens is 340 g/mol. The summed E-state index contributed by atoms with van der Waals surface area (Å²) < 4.78 is 5.55. The molecule has 3 N–H and O–H groups in total. The van der Waals surface area contributed by atoms with Gasteiger partial charge in [-0.25, -0.2) is 0 Å². The van der Waals surface area contributed by atoms with Gasteiger partial charge >= 0.3 is 0 Å². The summed E-state index contributed by atoms with van der Waals surface area (Å²) in [7, 11) is 0. The molecule has 3 rings (SSSR count). The van der Waals surface area contributed by atoms with Crippen molar-refractivity contribution in [3.05, 3.63) is 46.3 Å². The van der Waals surface area contributed by atoms with Crippen molar-refractivity contribution in [1.29, 1.82) is 0 Å². The van der Waals surface area contributed by atoms with Gasteiger partial charge in [0.2, 0.25) is 11.8 Å². The van der Waals surface area contributed by atoms with Crippen LogP contribution < -0.4 is 10.6 Å². The van der Waals surface area contributed by atoms with Crippen molar-refractivity contribution in [2.75, 3.05) is 10.6 Å². The van der Waals surface area contributed by atoms with Crippen molar-refractivity contribution in [2.24, 2.45) is 0 Å². The van der Waals surface area contributed by atoms with Crippen LogP contribution in [0.5, 0.6) is 0 Å². The second-order valence-electron chi connectivity index (χ2n) is 4.63. The summed E-state index contributed by atoms with van der Waals surface area (Å²) in [5.74, 6) is -0.750. The summed E-state index contributed by atoms with van der Waals surface area (Å²) in [6, 6.07) is 6.61. The molecular formula is C14H11BrN2O4. The first kappa shape index (κ1) is 13.8. The number of anilines is 2. The Labute approximate surface area is 128 Å². The van der Waals surface area contributed by atoms with Gasteiger partial charge in [-0.1, -0.05) is 6.07 Å². The molecule has 0 saturated carbocycles. The minimum Gasteiger partial charge on any atom is -0.457 e. The number of fused-ring (bicyclic) bond motifs is 1. The molecule has 2 aromatic rings. The van der Waals surface area contributed by atoms with E-state index < -0.39 is 6.10 Å². The largest absolute Gasteiger partial charge is 0.457 e. The van der Waals surface area contributed by atoms with Gasteiger partial charge in [0.05, 0.1) is 17.6 Å². The van der Waals surface area contributed by atoms with E-state index in [1.807, 2.05) is 0 Å². The second-order valence-corrected chi connectivity index (χ2v) is 5.35. The van der Waals surface area contributed by atoms with Crippen LogP contribution in [0.4, 0.5) is 11.4 Å². The summed E-state index contributed by atoms with van der Waals surface area (Å²) in [4.78, 5) is 23.0. The zero-order valence-electron chi connectivity index (χ0n) is 10.7. The number of carbonyl (C=O) groups is 2. The zero-order valence-corrected chi connectivity index (χ0v) is 12.3. The van der Waals surface area contributed by atoms with Gasteiger partial charge in [0.25, 0.3) is 0 Å². The minimum absolute atomic E-state index is 0.222. The SMILES string of the molecule is O=C1CC(=O)Nc2cc(C(O)c3ccoc3Br)ccc2N1. The van der Waals surface area contributed by atoms with Gasteiger partial charge in [0.1, 0.15) is 12.5 Å². The van der Waals surface area contributed by atoms with Crippen LogP contribution in [0, 0.1) is 0 Å². The Morgan fingerprint density at radius 3 is 2.52 bits per heavy atom. The van der Waals surface area contributed by atoms with Gasteiger partial charge in [-0.2, -0.15) is 0 Å². The van der Waals surface area contributed by atoms with E-state index in [-0.39, 0.29) is 18.2 Å².